The molecular formula is C21H28FN3O3S. The van der Waals surface area contributed by atoms with Gasteiger partial charge in [-0.2, -0.15) is 0 Å². The fourth-order valence-electron chi connectivity index (χ4n) is 2.70. The lowest BCUT2D eigenvalue weighted by atomic mass is 10.1. The molecule has 0 heterocycles. The summed E-state index contributed by atoms with van der Waals surface area (Å²) >= 11 is 1.70. The van der Waals surface area contributed by atoms with Crippen molar-refractivity contribution in [1.82, 2.24) is 10.6 Å². The number of ether oxygens (including phenoxy) is 3. The number of hydrogen-bond acceptors (Lipinski definition) is 5. The van der Waals surface area contributed by atoms with Crippen LogP contribution in [0.4, 0.5) is 4.39 Å². The fraction of sp³-hybridized carbons (Fsp3) is 0.381. The second-order valence-electron chi connectivity index (χ2n) is 6.00. The quantitative estimate of drug-likeness (QED) is 0.264. The highest BCUT2D eigenvalue weighted by Crippen LogP contribution is 2.39. The number of thioether (sulfide) groups is 1. The number of methoxy groups -OCH3 is 3. The van der Waals surface area contributed by atoms with Crippen LogP contribution in [0.5, 0.6) is 17.2 Å². The number of nitrogens with zero attached hydrogens (tertiary/aromatic N) is 1. The normalized spacial score (nSPS) is 11.1. The number of nitrogens with one attached hydrogen (secondary N) is 2. The summed E-state index contributed by atoms with van der Waals surface area (Å²) in [5.41, 5.74) is 0.931. The lowest BCUT2D eigenvalue weighted by Gasteiger charge is -2.17. The van der Waals surface area contributed by atoms with Crippen LogP contribution < -0.4 is 24.8 Å². The van der Waals surface area contributed by atoms with Crippen molar-refractivity contribution in [3.05, 3.63) is 47.8 Å². The molecule has 0 unspecified atom stereocenters. The Morgan fingerprint density at radius 2 is 1.69 bits per heavy atom. The summed E-state index contributed by atoms with van der Waals surface area (Å²) < 4.78 is 29.2. The summed E-state index contributed by atoms with van der Waals surface area (Å²) in [6, 6.07) is 10.3. The van der Waals surface area contributed by atoms with Crippen LogP contribution in [-0.2, 0) is 6.54 Å². The van der Waals surface area contributed by atoms with Crippen LogP contribution in [0.15, 0.2) is 46.3 Å². The van der Waals surface area contributed by atoms with E-state index in [1.54, 1.807) is 52.3 Å². The molecule has 0 radical (unpaired) electrons. The Morgan fingerprint density at radius 1 is 0.966 bits per heavy atom. The fourth-order valence-corrected chi connectivity index (χ4v) is 3.55. The van der Waals surface area contributed by atoms with Crippen LogP contribution in [0.2, 0.25) is 0 Å². The maximum Gasteiger partial charge on any atom is 0.203 e. The van der Waals surface area contributed by atoms with E-state index in [4.69, 9.17) is 14.2 Å². The van der Waals surface area contributed by atoms with E-state index >= 15 is 0 Å². The second-order valence-corrected chi connectivity index (χ2v) is 7.17. The van der Waals surface area contributed by atoms with Gasteiger partial charge in [0, 0.05) is 30.6 Å². The first-order valence-electron chi connectivity index (χ1n) is 9.23. The number of benzene rings is 2. The van der Waals surface area contributed by atoms with Gasteiger partial charge in [0.05, 0.1) is 21.3 Å². The van der Waals surface area contributed by atoms with E-state index < -0.39 is 0 Å². The van der Waals surface area contributed by atoms with E-state index in [9.17, 15) is 4.39 Å². The molecule has 2 rings (SSSR count). The zero-order valence-corrected chi connectivity index (χ0v) is 18.1. The molecular weight excluding hydrogens is 393 g/mol. The molecule has 0 aliphatic heterocycles. The molecule has 0 atom stereocenters. The van der Waals surface area contributed by atoms with Crippen LogP contribution in [-0.4, -0.2) is 46.6 Å². The standard InChI is InChI=1S/C21H28FN3O3S/c1-23-21(24-12-5-13-29-17-9-7-16(22)8-10-17)25-14-15-6-11-18(26-2)20(28-4)19(15)27-3/h6-11H,5,12-14H2,1-4H3,(H2,23,24,25). The molecule has 29 heavy (non-hydrogen) atoms. The summed E-state index contributed by atoms with van der Waals surface area (Å²) in [5.74, 6) is 3.24. The Bertz CT molecular complexity index is 801. The van der Waals surface area contributed by atoms with Crippen molar-refractivity contribution >= 4 is 17.7 Å². The van der Waals surface area contributed by atoms with Crippen LogP contribution in [0.25, 0.3) is 0 Å². The summed E-state index contributed by atoms with van der Waals surface area (Å²) in [5, 5.41) is 6.57. The highest BCUT2D eigenvalue weighted by molar-refractivity contribution is 7.99. The zero-order valence-electron chi connectivity index (χ0n) is 17.3. The highest BCUT2D eigenvalue weighted by atomic mass is 32.2. The molecule has 2 aromatic carbocycles. The maximum absolute atomic E-state index is 12.9. The van der Waals surface area contributed by atoms with Gasteiger partial charge in [-0.25, -0.2) is 4.39 Å². The van der Waals surface area contributed by atoms with Crippen molar-refractivity contribution in [2.24, 2.45) is 4.99 Å². The Balaban J connectivity index is 1.81. The van der Waals surface area contributed by atoms with E-state index in [0.29, 0.717) is 29.8 Å². The van der Waals surface area contributed by atoms with Gasteiger partial charge in [-0.3, -0.25) is 4.99 Å². The zero-order chi connectivity index (χ0) is 21.1. The molecule has 0 saturated carbocycles. The van der Waals surface area contributed by atoms with Crippen molar-refractivity contribution in [2.45, 2.75) is 17.9 Å². The number of aliphatic imine (C=N–C) groups is 1. The van der Waals surface area contributed by atoms with Gasteiger partial charge in [-0.1, -0.05) is 0 Å². The van der Waals surface area contributed by atoms with Crippen molar-refractivity contribution in [2.75, 3.05) is 40.7 Å². The molecule has 158 valence electrons. The molecule has 0 amide bonds. The molecule has 0 saturated heterocycles. The number of rotatable bonds is 10. The lowest BCUT2D eigenvalue weighted by Crippen LogP contribution is -2.37. The maximum atomic E-state index is 12.9. The molecule has 0 bridgehead atoms. The van der Waals surface area contributed by atoms with Crippen molar-refractivity contribution in [3.63, 3.8) is 0 Å². The van der Waals surface area contributed by atoms with Gasteiger partial charge in [0.25, 0.3) is 0 Å². The molecule has 6 nitrogen and oxygen atoms in total. The van der Waals surface area contributed by atoms with Crippen molar-refractivity contribution < 1.29 is 18.6 Å². The average molecular weight is 422 g/mol. The first kappa shape index (κ1) is 22.7. The predicted octanol–water partition coefficient (Wildman–Crippen LogP) is 3.70. The van der Waals surface area contributed by atoms with Gasteiger partial charge in [0.1, 0.15) is 5.82 Å². The first-order valence-corrected chi connectivity index (χ1v) is 10.2. The van der Waals surface area contributed by atoms with Gasteiger partial charge < -0.3 is 24.8 Å². The Morgan fingerprint density at radius 3 is 2.31 bits per heavy atom. The van der Waals surface area contributed by atoms with Crippen LogP contribution in [0.3, 0.4) is 0 Å². The average Bonchev–Trinajstić information content (AvgIpc) is 2.75. The lowest BCUT2D eigenvalue weighted by molar-refractivity contribution is 0.322. The summed E-state index contributed by atoms with van der Waals surface area (Å²) in [7, 11) is 6.51. The van der Waals surface area contributed by atoms with E-state index in [0.717, 1.165) is 29.2 Å². The van der Waals surface area contributed by atoms with Gasteiger partial charge in [0.15, 0.2) is 17.5 Å². The van der Waals surface area contributed by atoms with Gasteiger partial charge >= 0.3 is 0 Å². The Hall–Kier alpha value is -2.61. The highest BCUT2D eigenvalue weighted by Gasteiger charge is 2.15. The molecule has 8 heteroatoms. The number of guanidine groups is 1. The van der Waals surface area contributed by atoms with Crippen LogP contribution >= 0.6 is 11.8 Å². The molecule has 0 spiro atoms. The minimum absolute atomic E-state index is 0.211. The predicted molar refractivity (Wildman–Crippen MR) is 116 cm³/mol. The van der Waals surface area contributed by atoms with Crippen molar-refractivity contribution in [3.8, 4) is 17.2 Å². The van der Waals surface area contributed by atoms with Gasteiger partial charge in [-0.15, -0.1) is 11.8 Å². The SMILES string of the molecule is CN=C(NCCCSc1ccc(F)cc1)NCc1ccc(OC)c(OC)c1OC. The van der Waals surface area contributed by atoms with E-state index in [1.165, 1.54) is 12.1 Å². The van der Waals surface area contributed by atoms with Crippen molar-refractivity contribution in [1.29, 1.82) is 0 Å². The molecule has 0 aromatic heterocycles. The molecule has 0 aliphatic rings. The minimum atomic E-state index is -0.211. The van der Waals surface area contributed by atoms with Gasteiger partial charge in [-0.05, 0) is 48.6 Å². The second kappa shape index (κ2) is 12.1. The third kappa shape index (κ3) is 6.74. The van der Waals surface area contributed by atoms with Gasteiger partial charge in [0.2, 0.25) is 5.75 Å². The third-order valence-corrected chi connectivity index (χ3v) is 5.25. The topological polar surface area (TPSA) is 64.1 Å². The molecule has 0 fully saturated rings. The van der Waals surface area contributed by atoms with E-state index in [2.05, 4.69) is 15.6 Å². The summed E-state index contributed by atoms with van der Waals surface area (Å²) in [6.07, 6.45) is 0.947. The third-order valence-electron chi connectivity index (χ3n) is 4.15. The number of hydrogen-bond donors (Lipinski definition) is 2. The molecule has 2 N–H and O–H groups in total. The summed E-state index contributed by atoms with van der Waals surface area (Å²) in [4.78, 5) is 5.31. The Kier molecular flexibility index (Phi) is 9.43. The van der Waals surface area contributed by atoms with Crippen LogP contribution in [0, 0.1) is 5.82 Å². The first-order chi connectivity index (χ1) is 14.1. The van der Waals surface area contributed by atoms with E-state index in [-0.39, 0.29) is 5.82 Å². The Labute approximate surface area is 175 Å². The number of halogens is 1. The van der Waals surface area contributed by atoms with Crippen LogP contribution in [0.1, 0.15) is 12.0 Å². The summed E-state index contributed by atoms with van der Waals surface area (Å²) in [6.45, 7) is 1.30. The minimum Gasteiger partial charge on any atom is -0.493 e. The monoisotopic (exact) mass is 421 g/mol. The largest absolute Gasteiger partial charge is 0.493 e. The smallest absolute Gasteiger partial charge is 0.203 e. The van der Waals surface area contributed by atoms with E-state index in [1.807, 2.05) is 12.1 Å². The molecule has 2 aromatic rings. The molecule has 0 aliphatic carbocycles.